The Morgan fingerprint density at radius 1 is 0.962 bits per heavy atom. The van der Waals surface area contributed by atoms with E-state index >= 15 is 0 Å². The lowest BCUT2D eigenvalue weighted by molar-refractivity contribution is -0.132. The summed E-state index contributed by atoms with van der Waals surface area (Å²) in [5.41, 5.74) is 2.01. The molecule has 0 aliphatic rings. The third kappa shape index (κ3) is 5.81. The molecule has 0 fully saturated rings. The van der Waals surface area contributed by atoms with Gasteiger partial charge in [-0.15, -0.1) is 0 Å². The summed E-state index contributed by atoms with van der Waals surface area (Å²) in [6, 6.07) is 12.6. The molecule has 2 rings (SSSR count). The SMILES string of the molecule is CC(=O)c1ccc(NC(=O)CN(CCc2ccc(F)cc2)C(C)=O)cc1. The summed E-state index contributed by atoms with van der Waals surface area (Å²) < 4.78 is 12.9. The standard InChI is InChI=1S/C20H21FN2O3/c1-14(24)17-5-9-19(10-6-17)22-20(26)13-23(15(2)25)12-11-16-3-7-18(21)8-4-16/h3-10H,11-13H2,1-2H3,(H,22,26). The molecule has 0 spiro atoms. The van der Waals surface area contributed by atoms with Crippen LogP contribution in [0.5, 0.6) is 0 Å². The molecule has 26 heavy (non-hydrogen) atoms. The van der Waals surface area contributed by atoms with Crippen molar-refractivity contribution in [3.8, 4) is 0 Å². The van der Waals surface area contributed by atoms with Crippen LogP contribution in [0.25, 0.3) is 0 Å². The maximum atomic E-state index is 12.9. The number of rotatable bonds is 7. The van der Waals surface area contributed by atoms with Gasteiger partial charge in [-0.2, -0.15) is 0 Å². The molecule has 0 aliphatic carbocycles. The zero-order valence-electron chi connectivity index (χ0n) is 14.8. The smallest absolute Gasteiger partial charge is 0.243 e. The predicted molar refractivity (Wildman–Crippen MR) is 97.4 cm³/mol. The number of hydrogen-bond donors (Lipinski definition) is 1. The maximum Gasteiger partial charge on any atom is 0.243 e. The third-order valence-electron chi connectivity index (χ3n) is 3.94. The van der Waals surface area contributed by atoms with E-state index in [1.54, 1.807) is 36.4 Å². The molecule has 0 unspecified atom stereocenters. The molecule has 0 radical (unpaired) electrons. The van der Waals surface area contributed by atoms with Gasteiger partial charge in [0.05, 0.1) is 6.54 Å². The first-order valence-electron chi connectivity index (χ1n) is 8.26. The number of nitrogens with zero attached hydrogens (tertiary/aromatic N) is 1. The molecule has 0 atom stereocenters. The van der Waals surface area contributed by atoms with E-state index in [1.165, 1.54) is 30.9 Å². The highest BCUT2D eigenvalue weighted by atomic mass is 19.1. The first-order chi connectivity index (χ1) is 12.3. The minimum atomic E-state index is -0.324. The zero-order valence-corrected chi connectivity index (χ0v) is 14.8. The van der Waals surface area contributed by atoms with E-state index in [0.717, 1.165) is 5.56 Å². The summed E-state index contributed by atoms with van der Waals surface area (Å²) in [7, 11) is 0. The second-order valence-electron chi connectivity index (χ2n) is 6.00. The Kier molecular flexibility index (Phi) is 6.60. The molecule has 1 N–H and O–H groups in total. The molecule has 136 valence electrons. The van der Waals surface area contributed by atoms with Gasteiger partial charge in [0.15, 0.2) is 5.78 Å². The molecule has 0 bridgehead atoms. The number of nitrogens with one attached hydrogen (secondary N) is 1. The van der Waals surface area contributed by atoms with Gasteiger partial charge in [0.25, 0.3) is 0 Å². The molecule has 2 amide bonds. The first kappa shape index (κ1) is 19.3. The number of hydrogen-bond acceptors (Lipinski definition) is 3. The van der Waals surface area contributed by atoms with Crippen LogP contribution in [0.4, 0.5) is 10.1 Å². The molecular formula is C20H21FN2O3. The van der Waals surface area contributed by atoms with Gasteiger partial charge in [-0.3, -0.25) is 14.4 Å². The Labute approximate surface area is 151 Å². The van der Waals surface area contributed by atoms with Crippen LogP contribution < -0.4 is 5.32 Å². The van der Waals surface area contributed by atoms with E-state index in [0.29, 0.717) is 24.2 Å². The molecule has 2 aromatic rings. The maximum absolute atomic E-state index is 12.9. The van der Waals surface area contributed by atoms with Crippen LogP contribution in [0.2, 0.25) is 0 Å². The Bertz CT molecular complexity index is 786. The molecule has 0 aliphatic heterocycles. The topological polar surface area (TPSA) is 66.5 Å². The van der Waals surface area contributed by atoms with Crippen molar-refractivity contribution in [1.29, 1.82) is 0 Å². The largest absolute Gasteiger partial charge is 0.333 e. The molecule has 0 saturated heterocycles. The van der Waals surface area contributed by atoms with E-state index in [2.05, 4.69) is 5.32 Å². The fraction of sp³-hybridized carbons (Fsp3) is 0.250. The van der Waals surface area contributed by atoms with E-state index in [9.17, 15) is 18.8 Å². The summed E-state index contributed by atoms with van der Waals surface area (Å²) in [6.07, 6.45) is 0.528. The Hall–Kier alpha value is -3.02. The number of ketones is 1. The highest BCUT2D eigenvalue weighted by Gasteiger charge is 2.14. The Morgan fingerprint density at radius 3 is 2.12 bits per heavy atom. The van der Waals surface area contributed by atoms with Crippen molar-refractivity contribution in [2.45, 2.75) is 20.3 Å². The highest BCUT2D eigenvalue weighted by molar-refractivity contribution is 5.96. The number of benzene rings is 2. The van der Waals surface area contributed by atoms with Crippen LogP contribution >= 0.6 is 0 Å². The molecule has 5 nitrogen and oxygen atoms in total. The lowest BCUT2D eigenvalue weighted by Crippen LogP contribution is -2.38. The summed E-state index contributed by atoms with van der Waals surface area (Å²) in [6.45, 7) is 3.15. The summed E-state index contributed by atoms with van der Waals surface area (Å²) in [4.78, 5) is 36.6. The molecular weight excluding hydrogens is 335 g/mol. The summed E-state index contributed by atoms with van der Waals surface area (Å²) >= 11 is 0. The number of anilines is 1. The van der Waals surface area contributed by atoms with Crippen LogP contribution in [-0.4, -0.2) is 35.6 Å². The van der Waals surface area contributed by atoms with Gasteiger partial charge in [0.2, 0.25) is 11.8 Å². The fourth-order valence-electron chi connectivity index (χ4n) is 2.43. The van der Waals surface area contributed by atoms with E-state index in [-0.39, 0.29) is 30.0 Å². The van der Waals surface area contributed by atoms with Crippen molar-refractivity contribution in [2.24, 2.45) is 0 Å². The number of carbonyl (C=O) groups excluding carboxylic acids is 3. The van der Waals surface area contributed by atoms with Crippen LogP contribution in [0.15, 0.2) is 48.5 Å². The zero-order chi connectivity index (χ0) is 19.1. The Morgan fingerprint density at radius 2 is 1.58 bits per heavy atom. The van der Waals surface area contributed by atoms with Gasteiger partial charge < -0.3 is 10.2 Å². The van der Waals surface area contributed by atoms with E-state index < -0.39 is 0 Å². The van der Waals surface area contributed by atoms with Crippen molar-refractivity contribution in [3.05, 3.63) is 65.5 Å². The fourth-order valence-corrected chi connectivity index (χ4v) is 2.43. The first-order valence-corrected chi connectivity index (χ1v) is 8.26. The summed E-state index contributed by atoms with van der Waals surface area (Å²) in [5, 5.41) is 2.71. The number of halogens is 1. The average molecular weight is 356 g/mol. The van der Waals surface area contributed by atoms with Crippen molar-refractivity contribution in [3.63, 3.8) is 0 Å². The van der Waals surface area contributed by atoms with Crippen LogP contribution in [0.1, 0.15) is 29.8 Å². The molecule has 0 heterocycles. The lowest BCUT2D eigenvalue weighted by atomic mass is 10.1. The minimum Gasteiger partial charge on any atom is -0.333 e. The summed E-state index contributed by atoms with van der Waals surface area (Å²) in [5.74, 6) is -0.900. The monoisotopic (exact) mass is 356 g/mol. The van der Waals surface area contributed by atoms with E-state index in [1.807, 2.05) is 0 Å². The number of carbonyl (C=O) groups is 3. The van der Waals surface area contributed by atoms with Crippen molar-refractivity contribution in [1.82, 2.24) is 4.90 Å². The predicted octanol–water partition coefficient (Wildman–Crippen LogP) is 3.06. The Balaban J connectivity index is 1.91. The second-order valence-corrected chi connectivity index (χ2v) is 6.00. The van der Waals surface area contributed by atoms with Gasteiger partial charge in [0, 0.05) is 24.7 Å². The number of Topliss-reactive ketones (excluding diaryl/α,β-unsaturated/α-hetero) is 1. The van der Waals surface area contributed by atoms with Crippen molar-refractivity contribution in [2.75, 3.05) is 18.4 Å². The van der Waals surface area contributed by atoms with Gasteiger partial charge in [0.1, 0.15) is 5.82 Å². The highest BCUT2D eigenvalue weighted by Crippen LogP contribution is 2.10. The molecule has 0 aromatic heterocycles. The van der Waals surface area contributed by atoms with Gasteiger partial charge in [-0.05, 0) is 55.3 Å². The molecule has 6 heteroatoms. The van der Waals surface area contributed by atoms with Crippen LogP contribution in [0, 0.1) is 5.82 Å². The lowest BCUT2D eigenvalue weighted by Gasteiger charge is -2.20. The van der Waals surface area contributed by atoms with Gasteiger partial charge in [-0.25, -0.2) is 4.39 Å². The molecule has 2 aromatic carbocycles. The van der Waals surface area contributed by atoms with E-state index in [4.69, 9.17) is 0 Å². The number of amides is 2. The van der Waals surface area contributed by atoms with Crippen molar-refractivity contribution >= 4 is 23.3 Å². The minimum absolute atomic E-state index is 0.0496. The van der Waals surface area contributed by atoms with Crippen molar-refractivity contribution < 1.29 is 18.8 Å². The normalized spacial score (nSPS) is 10.3. The quantitative estimate of drug-likeness (QED) is 0.776. The second kappa shape index (κ2) is 8.89. The van der Waals surface area contributed by atoms with Gasteiger partial charge >= 0.3 is 0 Å². The van der Waals surface area contributed by atoms with Crippen LogP contribution in [-0.2, 0) is 16.0 Å². The van der Waals surface area contributed by atoms with Crippen LogP contribution in [0.3, 0.4) is 0 Å². The third-order valence-corrected chi connectivity index (χ3v) is 3.94. The average Bonchev–Trinajstić information content (AvgIpc) is 2.60. The molecule has 0 saturated carbocycles. The van der Waals surface area contributed by atoms with Gasteiger partial charge in [-0.1, -0.05) is 12.1 Å².